The molecule has 20 heavy (non-hydrogen) atoms. The van der Waals surface area contributed by atoms with Crippen molar-refractivity contribution < 1.29 is 22.7 Å². The van der Waals surface area contributed by atoms with Gasteiger partial charge in [0.1, 0.15) is 0 Å². The normalized spacial score (nSPS) is 23.6. The Hall–Kier alpha value is -1.62. The Morgan fingerprint density at radius 2 is 1.80 bits per heavy atom. The van der Waals surface area contributed by atoms with Crippen LogP contribution in [-0.2, 0) is 5.67 Å². The number of aliphatic hydroxyl groups is 1. The van der Waals surface area contributed by atoms with E-state index in [1.807, 2.05) is 0 Å². The molecule has 0 saturated carbocycles. The molecule has 0 spiro atoms. The van der Waals surface area contributed by atoms with Gasteiger partial charge in [0, 0.05) is 6.42 Å². The monoisotopic (exact) mass is 286 g/mol. The van der Waals surface area contributed by atoms with Crippen LogP contribution in [0.2, 0.25) is 0 Å². The Morgan fingerprint density at radius 1 is 1.15 bits per heavy atom. The van der Waals surface area contributed by atoms with Gasteiger partial charge in [-0.25, -0.2) is 17.6 Å². The SMILES string of the molecule is Cc1ccc(C2(F)CC(CO)=C(F)C(F)=C2F)c(C)c1. The molecular weight excluding hydrogens is 272 g/mol. The maximum Gasteiger partial charge on any atom is 0.194 e. The largest absolute Gasteiger partial charge is 0.392 e. The molecule has 1 nitrogen and oxygen atoms in total. The van der Waals surface area contributed by atoms with Crippen LogP contribution in [0.1, 0.15) is 23.1 Å². The Morgan fingerprint density at radius 3 is 2.35 bits per heavy atom. The van der Waals surface area contributed by atoms with Gasteiger partial charge in [0.05, 0.1) is 6.61 Å². The molecule has 1 aromatic carbocycles. The minimum Gasteiger partial charge on any atom is -0.392 e. The van der Waals surface area contributed by atoms with Gasteiger partial charge >= 0.3 is 0 Å². The van der Waals surface area contributed by atoms with Crippen LogP contribution in [-0.4, -0.2) is 11.7 Å². The van der Waals surface area contributed by atoms with Crippen molar-refractivity contribution in [2.45, 2.75) is 25.9 Å². The van der Waals surface area contributed by atoms with Gasteiger partial charge in [0.2, 0.25) is 0 Å². The third kappa shape index (κ3) is 2.16. The van der Waals surface area contributed by atoms with Crippen molar-refractivity contribution in [2.24, 2.45) is 0 Å². The van der Waals surface area contributed by atoms with Crippen molar-refractivity contribution in [1.82, 2.24) is 0 Å². The zero-order valence-corrected chi connectivity index (χ0v) is 11.1. The van der Waals surface area contributed by atoms with Crippen LogP contribution in [0, 0.1) is 13.8 Å². The van der Waals surface area contributed by atoms with Crippen LogP contribution < -0.4 is 0 Å². The summed E-state index contributed by atoms with van der Waals surface area (Å²) in [6.45, 7) is 2.50. The summed E-state index contributed by atoms with van der Waals surface area (Å²) < 4.78 is 55.8. The lowest BCUT2D eigenvalue weighted by Crippen LogP contribution is -2.28. The van der Waals surface area contributed by atoms with E-state index >= 15 is 0 Å². The lowest BCUT2D eigenvalue weighted by Gasteiger charge is -2.30. The van der Waals surface area contributed by atoms with Crippen molar-refractivity contribution in [3.05, 3.63) is 57.9 Å². The molecule has 0 fully saturated rings. The molecule has 5 heteroatoms. The van der Waals surface area contributed by atoms with Gasteiger partial charge in [-0.2, -0.15) is 0 Å². The summed E-state index contributed by atoms with van der Waals surface area (Å²) in [6.07, 6.45) is -0.738. The number of aryl methyl sites for hydroxylation is 2. The Kier molecular flexibility index (Phi) is 3.73. The number of benzene rings is 1. The number of allylic oxidation sites excluding steroid dienone is 3. The summed E-state index contributed by atoms with van der Waals surface area (Å²) in [5.41, 5.74) is -2.04. The van der Waals surface area contributed by atoms with Gasteiger partial charge in [-0.1, -0.05) is 23.8 Å². The lowest BCUT2D eigenvalue weighted by atomic mass is 9.81. The second-order valence-electron chi connectivity index (χ2n) is 5.00. The van der Waals surface area contributed by atoms with E-state index in [-0.39, 0.29) is 5.56 Å². The molecule has 0 heterocycles. The van der Waals surface area contributed by atoms with E-state index in [4.69, 9.17) is 5.11 Å². The van der Waals surface area contributed by atoms with Gasteiger partial charge in [-0.3, -0.25) is 0 Å². The molecule has 1 aliphatic carbocycles. The minimum absolute atomic E-state index is 0.0609. The highest BCUT2D eigenvalue weighted by atomic mass is 19.2. The molecule has 1 N–H and O–H groups in total. The van der Waals surface area contributed by atoms with E-state index in [1.165, 1.54) is 6.07 Å². The second-order valence-corrected chi connectivity index (χ2v) is 5.00. The number of aliphatic hydroxyl groups excluding tert-OH is 1. The van der Waals surface area contributed by atoms with E-state index in [2.05, 4.69) is 0 Å². The quantitative estimate of drug-likeness (QED) is 0.806. The molecule has 0 aliphatic heterocycles. The van der Waals surface area contributed by atoms with Crippen molar-refractivity contribution >= 4 is 0 Å². The Labute approximate surface area is 114 Å². The van der Waals surface area contributed by atoms with Crippen molar-refractivity contribution in [3.8, 4) is 0 Å². The fourth-order valence-corrected chi connectivity index (χ4v) is 2.47. The first-order valence-corrected chi connectivity index (χ1v) is 6.12. The van der Waals surface area contributed by atoms with Crippen molar-refractivity contribution in [1.29, 1.82) is 0 Å². The summed E-state index contributed by atoms with van der Waals surface area (Å²) >= 11 is 0. The number of halogens is 4. The predicted molar refractivity (Wildman–Crippen MR) is 67.8 cm³/mol. The number of hydrogen-bond donors (Lipinski definition) is 1. The predicted octanol–water partition coefficient (Wildman–Crippen LogP) is 4.24. The first-order valence-electron chi connectivity index (χ1n) is 6.12. The van der Waals surface area contributed by atoms with E-state index in [0.29, 0.717) is 5.56 Å². The van der Waals surface area contributed by atoms with Crippen LogP contribution in [0.25, 0.3) is 0 Å². The molecule has 1 aromatic rings. The van der Waals surface area contributed by atoms with Crippen LogP contribution in [0.5, 0.6) is 0 Å². The van der Waals surface area contributed by atoms with Crippen LogP contribution >= 0.6 is 0 Å². The summed E-state index contributed by atoms with van der Waals surface area (Å²) in [6, 6.07) is 4.56. The van der Waals surface area contributed by atoms with Gasteiger partial charge < -0.3 is 5.11 Å². The van der Waals surface area contributed by atoms with Gasteiger partial charge in [0.25, 0.3) is 0 Å². The topological polar surface area (TPSA) is 20.2 Å². The smallest absolute Gasteiger partial charge is 0.194 e. The highest BCUT2D eigenvalue weighted by molar-refractivity contribution is 5.46. The van der Waals surface area contributed by atoms with Crippen LogP contribution in [0.4, 0.5) is 17.6 Å². The summed E-state index contributed by atoms with van der Waals surface area (Å²) in [5.74, 6) is -5.16. The Balaban J connectivity index is 2.61. The molecule has 0 radical (unpaired) electrons. The summed E-state index contributed by atoms with van der Waals surface area (Å²) in [4.78, 5) is 0. The molecular formula is C15H14F4O. The highest BCUT2D eigenvalue weighted by Crippen LogP contribution is 2.49. The third-order valence-corrected chi connectivity index (χ3v) is 3.50. The molecule has 1 aliphatic rings. The fraction of sp³-hybridized carbons (Fsp3) is 0.333. The van der Waals surface area contributed by atoms with Gasteiger partial charge in [-0.15, -0.1) is 0 Å². The van der Waals surface area contributed by atoms with Crippen molar-refractivity contribution in [3.63, 3.8) is 0 Å². The van der Waals surface area contributed by atoms with Gasteiger partial charge in [0.15, 0.2) is 23.1 Å². The minimum atomic E-state index is -2.78. The van der Waals surface area contributed by atoms with Crippen LogP contribution in [0.15, 0.2) is 41.3 Å². The maximum absolute atomic E-state index is 15.0. The van der Waals surface area contributed by atoms with E-state index in [9.17, 15) is 17.6 Å². The molecule has 1 unspecified atom stereocenters. The summed E-state index contributed by atoms with van der Waals surface area (Å²) in [7, 11) is 0. The molecule has 1 atom stereocenters. The fourth-order valence-electron chi connectivity index (χ4n) is 2.47. The molecule has 0 aromatic heterocycles. The average Bonchev–Trinajstić information content (AvgIpc) is 2.40. The first kappa shape index (κ1) is 14.8. The van der Waals surface area contributed by atoms with Crippen LogP contribution in [0.3, 0.4) is 0 Å². The number of rotatable bonds is 2. The standard InChI is InChI=1S/C15H14F4O/c1-8-3-4-11(9(2)5-8)15(19)6-10(7-20)12(16)13(17)14(15)18/h3-5,20H,6-7H2,1-2H3. The van der Waals surface area contributed by atoms with Crippen molar-refractivity contribution in [2.75, 3.05) is 6.61 Å². The van der Waals surface area contributed by atoms with E-state index < -0.39 is 41.8 Å². The molecule has 0 saturated heterocycles. The Bertz CT molecular complexity index is 618. The summed E-state index contributed by atoms with van der Waals surface area (Å²) in [5, 5.41) is 8.98. The average molecular weight is 286 g/mol. The number of alkyl halides is 1. The molecule has 108 valence electrons. The van der Waals surface area contributed by atoms with E-state index in [0.717, 1.165) is 5.56 Å². The zero-order chi connectivity index (χ0) is 15.1. The molecule has 2 rings (SSSR count). The molecule has 0 bridgehead atoms. The zero-order valence-electron chi connectivity index (χ0n) is 11.1. The second kappa shape index (κ2) is 5.05. The maximum atomic E-state index is 15.0. The first-order chi connectivity index (χ1) is 9.31. The lowest BCUT2D eigenvalue weighted by molar-refractivity contribution is 0.149. The third-order valence-electron chi connectivity index (χ3n) is 3.50. The molecule has 0 amide bonds. The van der Waals surface area contributed by atoms with Gasteiger partial charge in [-0.05, 0) is 30.5 Å². The number of hydrogen-bond acceptors (Lipinski definition) is 1. The van der Waals surface area contributed by atoms with E-state index in [1.54, 1.807) is 26.0 Å². The highest BCUT2D eigenvalue weighted by Gasteiger charge is 2.46.